The number of aromatic amines is 1. The summed E-state index contributed by atoms with van der Waals surface area (Å²) in [6.07, 6.45) is 4.61. The van der Waals surface area contributed by atoms with Gasteiger partial charge in [-0.1, -0.05) is 12.1 Å². The van der Waals surface area contributed by atoms with E-state index in [1.807, 2.05) is 0 Å². The molecule has 0 radical (unpaired) electrons. The van der Waals surface area contributed by atoms with Gasteiger partial charge in [0.25, 0.3) is 5.56 Å². The van der Waals surface area contributed by atoms with E-state index in [9.17, 15) is 22.8 Å². The van der Waals surface area contributed by atoms with Gasteiger partial charge in [-0.05, 0) is 67.1 Å². The van der Waals surface area contributed by atoms with Gasteiger partial charge in [-0.3, -0.25) is 9.59 Å². The number of aromatic nitrogens is 2. The summed E-state index contributed by atoms with van der Waals surface area (Å²) in [6.45, 7) is 0. The van der Waals surface area contributed by atoms with E-state index in [1.54, 1.807) is 12.1 Å². The van der Waals surface area contributed by atoms with Gasteiger partial charge in [0.15, 0.2) is 17.4 Å². The quantitative estimate of drug-likeness (QED) is 0.389. The molecule has 0 atom stereocenters. The number of rotatable bonds is 5. The molecule has 0 spiro atoms. The molecule has 172 valence electrons. The molecule has 0 amide bonds. The van der Waals surface area contributed by atoms with E-state index in [4.69, 9.17) is 0 Å². The van der Waals surface area contributed by atoms with Gasteiger partial charge >= 0.3 is 0 Å². The normalized spacial score (nSPS) is 13.0. The Morgan fingerprint density at radius 1 is 0.971 bits per heavy atom. The minimum absolute atomic E-state index is 0.137. The van der Waals surface area contributed by atoms with Gasteiger partial charge in [0.2, 0.25) is 0 Å². The fourth-order valence-electron chi connectivity index (χ4n) is 4.50. The number of carbonyl (C=O) groups excluding carboxylic acids is 1. The monoisotopic (exact) mass is 463 g/mol. The number of hydrogen-bond acceptors (Lipinski definition) is 4. The van der Waals surface area contributed by atoms with Crippen molar-refractivity contribution in [2.24, 2.45) is 0 Å². The lowest BCUT2D eigenvalue weighted by molar-refractivity contribution is 0.0988. The Balaban J connectivity index is 1.45. The molecule has 1 aliphatic rings. The van der Waals surface area contributed by atoms with Crippen molar-refractivity contribution in [1.82, 2.24) is 9.97 Å². The largest absolute Gasteiger partial charge is 0.352 e. The maximum Gasteiger partial charge on any atom is 0.253 e. The first kappa shape index (κ1) is 21.9. The second-order valence-corrected chi connectivity index (χ2v) is 8.34. The molecule has 2 N–H and O–H groups in total. The van der Waals surface area contributed by atoms with E-state index < -0.39 is 23.2 Å². The van der Waals surface area contributed by atoms with Crippen molar-refractivity contribution in [3.05, 3.63) is 98.7 Å². The average molecular weight is 463 g/mol. The first-order valence-corrected chi connectivity index (χ1v) is 11.0. The van der Waals surface area contributed by atoms with Gasteiger partial charge in [-0.15, -0.1) is 0 Å². The SMILES string of the molecule is O=C(Cc1ccc(Nc2ccnc3[nH]c(=O)c4c(c23)CCCC4)c(F)c1)c1cccc(F)c1F. The van der Waals surface area contributed by atoms with E-state index in [-0.39, 0.29) is 23.2 Å². The van der Waals surface area contributed by atoms with E-state index in [2.05, 4.69) is 15.3 Å². The van der Waals surface area contributed by atoms with Crippen molar-refractivity contribution in [3.63, 3.8) is 0 Å². The van der Waals surface area contributed by atoms with Crippen molar-refractivity contribution in [2.45, 2.75) is 32.1 Å². The van der Waals surface area contributed by atoms with Crippen LogP contribution < -0.4 is 10.9 Å². The molecule has 0 saturated carbocycles. The summed E-state index contributed by atoms with van der Waals surface area (Å²) in [5.41, 5.74) is 2.73. The second kappa shape index (κ2) is 8.78. The Bertz CT molecular complexity index is 1500. The van der Waals surface area contributed by atoms with Crippen LogP contribution in [0.3, 0.4) is 0 Å². The van der Waals surface area contributed by atoms with Crippen molar-refractivity contribution in [2.75, 3.05) is 5.32 Å². The third-order valence-electron chi connectivity index (χ3n) is 6.15. The Labute approximate surface area is 192 Å². The number of carbonyl (C=O) groups is 1. The molecule has 2 aromatic carbocycles. The zero-order valence-electron chi connectivity index (χ0n) is 18.1. The maximum atomic E-state index is 15.0. The van der Waals surface area contributed by atoms with E-state index >= 15 is 0 Å². The Hall–Kier alpha value is -3.94. The molecule has 0 aliphatic heterocycles. The summed E-state index contributed by atoms with van der Waals surface area (Å²) in [4.78, 5) is 31.9. The predicted molar refractivity (Wildman–Crippen MR) is 123 cm³/mol. The van der Waals surface area contributed by atoms with E-state index in [0.717, 1.165) is 41.8 Å². The number of pyridine rings is 2. The van der Waals surface area contributed by atoms with Crippen LogP contribution in [0.1, 0.15) is 39.9 Å². The van der Waals surface area contributed by atoms with Gasteiger partial charge in [0.05, 0.1) is 16.9 Å². The Morgan fingerprint density at radius 3 is 2.56 bits per heavy atom. The zero-order chi connectivity index (χ0) is 23.8. The van der Waals surface area contributed by atoms with Crippen LogP contribution in [-0.2, 0) is 19.3 Å². The molecule has 0 bridgehead atoms. The van der Waals surface area contributed by atoms with Crippen LogP contribution in [0.4, 0.5) is 24.5 Å². The van der Waals surface area contributed by atoms with Crippen molar-refractivity contribution in [3.8, 4) is 0 Å². The summed E-state index contributed by atoms with van der Waals surface area (Å²) < 4.78 is 42.3. The number of H-pyrrole nitrogens is 1. The molecular formula is C26H20F3N3O2. The van der Waals surface area contributed by atoms with Crippen molar-refractivity contribution in [1.29, 1.82) is 0 Å². The zero-order valence-corrected chi connectivity index (χ0v) is 18.1. The molecule has 2 aromatic heterocycles. The van der Waals surface area contributed by atoms with Crippen LogP contribution >= 0.6 is 0 Å². The summed E-state index contributed by atoms with van der Waals surface area (Å²) in [5, 5.41) is 3.84. The number of aryl methyl sites for hydroxylation is 1. The highest BCUT2D eigenvalue weighted by Gasteiger charge is 2.20. The minimum atomic E-state index is -1.21. The topological polar surface area (TPSA) is 74.8 Å². The number of Topliss-reactive ketones (excluding diaryl/α,β-unsaturated/α-hetero) is 1. The van der Waals surface area contributed by atoms with Gasteiger partial charge in [-0.25, -0.2) is 18.2 Å². The molecule has 0 saturated heterocycles. The fraction of sp³-hybridized carbons (Fsp3) is 0.192. The number of benzene rings is 2. The summed E-state index contributed by atoms with van der Waals surface area (Å²) in [5.74, 6) is -3.57. The lowest BCUT2D eigenvalue weighted by Gasteiger charge is -2.19. The lowest BCUT2D eigenvalue weighted by Crippen LogP contribution is -2.20. The number of anilines is 2. The third-order valence-corrected chi connectivity index (χ3v) is 6.15. The molecule has 2 heterocycles. The van der Waals surface area contributed by atoms with Crippen LogP contribution in [0.5, 0.6) is 0 Å². The highest BCUT2D eigenvalue weighted by molar-refractivity contribution is 5.98. The first-order chi connectivity index (χ1) is 16.4. The van der Waals surface area contributed by atoms with E-state index in [1.165, 1.54) is 30.5 Å². The van der Waals surface area contributed by atoms with Gasteiger partial charge < -0.3 is 10.3 Å². The molecule has 5 nitrogen and oxygen atoms in total. The Morgan fingerprint density at radius 2 is 1.76 bits per heavy atom. The number of hydrogen-bond donors (Lipinski definition) is 2. The third kappa shape index (κ3) is 3.96. The van der Waals surface area contributed by atoms with Crippen LogP contribution in [0.25, 0.3) is 11.0 Å². The van der Waals surface area contributed by atoms with Crippen molar-refractivity contribution >= 4 is 28.2 Å². The molecule has 5 rings (SSSR count). The van der Waals surface area contributed by atoms with Gasteiger partial charge in [0.1, 0.15) is 11.5 Å². The predicted octanol–water partition coefficient (Wildman–Crippen LogP) is 5.39. The highest BCUT2D eigenvalue weighted by atomic mass is 19.2. The fourth-order valence-corrected chi connectivity index (χ4v) is 4.50. The molecule has 0 unspecified atom stereocenters. The Kier molecular flexibility index (Phi) is 5.65. The summed E-state index contributed by atoms with van der Waals surface area (Å²) >= 11 is 0. The molecular weight excluding hydrogens is 443 g/mol. The molecule has 1 aliphatic carbocycles. The summed E-state index contributed by atoms with van der Waals surface area (Å²) in [6, 6.07) is 9.35. The van der Waals surface area contributed by atoms with Crippen LogP contribution in [0, 0.1) is 17.5 Å². The number of nitrogens with one attached hydrogen (secondary N) is 2. The molecule has 0 fully saturated rings. The minimum Gasteiger partial charge on any atom is -0.352 e. The van der Waals surface area contributed by atoms with Crippen LogP contribution in [0.2, 0.25) is 0 Å². The first-order valence-electron chi connectivity index (χ1n) is 11.0. The van der Waals surface area contributed by atoms with E-state index in [0.29, 0.717) is 23.3 Å². The van der Waals surface area contributed by atoms with Gasteiger partial charge in [0, 0.05) is 23.6 Å². The number of halogens is 3. The number of fused-ring (bicyclic) bond motifs is 3. The molecule has 34 heavy (non-hydrogen) atoms. The lowest BCUT2D eigenvalue weighted by atomic mass is 9.90. The second-order valence-electron chi connectivity index (χ2n) is 8.34. The van der Waals surface area contributed by atoms with Crippen molar-refractivity contribution < 1.29 is 18.0 Å². The van der Waals surface area contributed by atoms with Crippen LogP contribution in [0.15, 0.2) is 53.5 Å². The van der Waals surface area contributed by atoms with Gasteiger partial charge in [-0.2, -0.15) is 0 Å². The molecule has 4 aromatic rings. The van der Waals surface area contributed by atoms with Crippen LogP contribution in [-0.4, -0.2) is 15.8 Å². The maximum absolute atomic E-state index is 15.0. The summed E-state index contributed by atoms with van der Waals surface area (Å²) in [7, 11) is 0. The number of ketones is 1. The molecule has 8 heteroatoms. The average Bonchev–Trinajstić information content (AvgIpc) is 2.82. The highest BCUT2D eigenvalue weighted by Crippen LogP contribution is 2.32. The standard InChI is InChI=1S/C26H20F3N3O2/c27-18-7-3-6-17(24(18)29)22(33)13-14-8-9-20(19(28)12-14)31-21-10-11-30-25-23(21)15-4-1-2-5-16(15)26(34)32-25/h3,6-12H,1-2,4-5,13H2,(H2,30,31,32,34). The smallest absolute Gasteiger partial charge is 0.253 e. The number of nitrogens with zero attached hydrogens (tertiary/aromatic N) is 1.